The van der Waals surface area contributed by atoms with Gasteiger partial charge in [-0.05, 0) is 95.2 Å². The van der Waals surface area contributed by atoms with Gasteiger partial charge in [0.1, 0.15) is 5.75 Å². The molecule has 2 N–H and O–H groups in total. The van der Waals surface area contributed by atoms with Gasteiger partial charge in [0.2, 0.25) is 0 Å². The molecule has 0 bridgehead atoms. The Morgan fingerprint density at radius 2 is 0.837 bits per heavy atom. The highest BCUT2D eigenvalue weighted by Crippen LogP contribution is 2.18. The van der Waals surface area contributed by atoms with Crippen LogP contribution in [-0.4, -0.2) is 12.1 Å². The van der Waals surface area contributed by atoms with Crippen molar-refractivity contribution in [3.63, 3.8) is 0 Å². The van der Waals surface area contributed by atoms with Gasteiger partial charge in [0.15, 0.2) is 0 Å². The van der Waals surface area contributed by atoms with E-state index in [2.05, 4.69) is 154 Å². The van der Waals surface area contributed by atoms with Crippen LogP contribution >= 0.6 is 0 Å². The molecule has 0 amide bonds. The van der Waals surface area contributed by atoms with E-state index >= 15 is 0 Å². The Hall–Kier alpha value is -4.37. The number of hydrogen-bond donors (Lipinski definition) is 1. The molecule has 3 heteroatoms. The minimum Gasteiger partial charge on any atom is -0.497 e. The topological polar surface area (TPSA) is 48.1 Å². The van der Waals surface area contributed by atoms with Crippen LogP contribution in [0.1, 0.15) is 132 Å². The summed E-state index contributed by atoms with van der Waals surface area (Å²) in [6.45, 7) is 23.9. The number of hydrogen-bond acceptors (Lipinski definition) is 3. The lowest BCUT2D eigenvalue weighted by Crippen LogP contribution is -1.88. The molecule has 0 aliphatic heterocycles. The van der Waals surface area contributed by atoms with Crippen molar-refractivity contribution in [3.8, 4) is 5.75 Å². The summed E-state index contributed by atoms with van der Waals surface area (Å²) in [5.41, 5.74) is 14.4. The van der Waals surface area contributed by atoms with Gasteiger partial charge >= 0.3 is 0 Å². The Labute approximate surface area is 300 Å². The maximum atomic E-state index is 5.53. The van der Waals surface area contributed by atoms with Crippen LogP contribution in [0.4, 0.5) is 5.69 Å². The summed E-state index contributed by atoms with van der Waals surface area (Å²) in [6, 6.07) is 41.4. The fraction of sp³-hybridized carbons (Fsp3) is 0.370. The summed E-state index contributed by atoms with van der Waals surface area (Å²) >= 11 is 0. The number of methoxy groups -OCH3 is 1. The highest BCUT2D eigenvalue weighted by molar-refractivity contribution is 5.40. The van der Waals surface area contributed by atoms with Crippen LogP contribution in [0.25, 0.3) is 0 Å². The largest absolute Gasteiger partial charge is 0.497 e. The lowest BCUT2D eigenvalue weighted by Gasteiger charge is -2.05. The number of pyridine rings is 1. The van der Waals surface area contributed by atoms with Crippen LogP contribution in [0.3, 0.4) is 0 Å². The number of nitrogen functional groups attached to an aromatic ring is 1. The standard InChI is InChI=1S/C10H14O.C10H14.C9H13N.C9H12.C8H11N/c1-8(2)9-4-6-10(11-3)7-5-9;1-8(2)10-6-4-9(3)5-7-10;1-7(2)8-3-5-9(10)6-4-8;1-8(2)9-6-4-3-5-7-9;1-7(2)8-5-3-4-6-9-8/h4-8H,1-3H3;4-8H,1-3H3;3-7H,10H2,1-2H3;3-8H,1-2H3;3-7H,1-2H3. The molecule has 0 saturated heterocycles. The zero-order chi connectivity index (χ0) is 36.8. The molecule has 0 spiro atoms. The van der Waals surface area contributed by atoms with E-state index in [1.807, 2.05) is 54.7 Å². The molecule has 0 aliphatic rings. The molecule has 0 radical (unpaired) electrons. The Morgan fingerprint density at radius 1 is 0.449 bits per heavy atom. The SMILES string of the molecule is CC(C)c1ccc(N)cc1.CC(C)c1ccccc1.CC(C)c1ccccn1.COc1ccc(C(C)C)cc1.Cc1ccc(C(C)C)cc1. The highest BCUT2D eigenvalue weighted by atomic mass is 16.5. The maximum Gasteiger partial charge on any atom is 0.118 e. The Bertz CT molecular complexity index is 1400. The minimum atomic E-state index is 0.547. The summed E-state index contributed by atoms with van der Waals surface area (Å²) in [6.07, 6.45) is 1.83. The summed E-state index contributed by atoms with van der Waals surface area (Å²) in [7, 11) is 1.68. The molecule has 0 atom stereocenters. The molecular formula is C46H64N2O. The van der Waals surface area contributed by atoms with Crippen LogP contribution in [0.5, 0.6) is 5.75 Å². The van der Waals surface area contributed by atoms with Gasteiger partial charge in [-0.1, -0.05) is 160 Å². The number of aromatic nitrogens is 1. The van der Waals surface area contributed by atoms with E-state index in [9.17, 15) is 0 Å². The number of nitrogens with zero attached hydrogens (tertiary/aromatic N) is 1. The van der Waals surface area contributed by atoms with E-state index in [0.29, 0.717) is 29.6 Å². The van der Waals surface area contributed by atoms with E-state index in [1.54, 1.807) is 7.11 Å². The second-order valence-corrected chi connectivity index (χ2v) is 13.8. The van der Waals surface area contributed by atoms with Gasteiger partial charge in [0.25, 0.3) is 0 Å². The van der Waals surface area contributed by atoms with Gasteiger partial charge in [-0.15, -0.1) is 0 Å². The molecule has 49 heavy (non-hydrogen) atoms. The smallest absolute Gasteiger partial charge is 0.118 e. The summed E-state index contributed by atoms with van der Waals surface area (Å²) in [4.78, 5) is 4.18. The first-order chi connectivity index (χ1) is 23.2. The van der Waals surface area contributed by atoms with Crippen molar-refractivity contribution in [2.45, 2.75) is 106 Å². The molecule has 0 fully saturated rings. The van der Waals surface area contributed by atoms with Crippen LogP contribution in [0, 0.1) is 6.92 Å². The number of ether oxygens (including phenoxy) is 1. The first kappa shape index (κ1) is 42.7. The second-order valence-electron chi connectivity index (χ2n) is 13.8. The summed E-state index contributed by atoms with van der Waals surface area (Å²) in [5, 5.41) is 0. The monoisotopic (exact) mass is 661 g/mol. The summed E-state index contributed by atoms with van der Waals surface area (Å²) in [5.74, 6) is 3.98. The minimum absolute atomic E-state index is 0.547. The van der Waals surface area contributed by atoms with Gasteiger partial charge in [-0.25, -0.2) is 0 Å². The van der Waals surface area contributed by atoms with Gasteiger partial charge in [0.05, 0.1) is 7.11 Å². The first-order valence-electron chi connectivity index (χ1n) is 17.8. The highest BCUT2D eigenvalue weighted by Gasteiger charge is 1.99. The van der Waals surface area contributed by atoms with Crippen LogP contribution in [-0.2, 0) is 0 Å². The van der Waals surface area contributed by atoms with Crippen molar-refractivity contribution in [1.82, 2.24) is 4.98 Å². The predicted molar refractivity (Wildman–Crippen MR) is 216 cm³/mol. The van der Waals surface area contributed by atoms with E-state index in [0.717, 1.165) is 17.1 Å². The lowest BCUT2D eigenvalue weighted by molar-refractivity contribution is 0.414. The molecule has 1 heterocycles. The Morgan fingerprint density at radius 3 is 1.16 bits per heavy atom. The van der Waals surface area contributed by atoms with E-state index in [-0.39, 0.29) is 0 Å². The third-order valence-corrected chi connectivity index (χ3v) is 7.88. The number of anilines is 1. The maximum absolute atomic E-state index is 5.53. The second kappa shape index (κ2) is 23.9. The molecule has 5 rings (SSSR count). The third-order valence-electron chi connectivity index (χ3n) is 7.88. The lowest BCUT2D eigenvalue weighted by atomic mass is 10.0. The van der Waals surface area contributed by atoms with Crippen LogP contribution in [0.2, 0.25) is 0 Å². The molecule has 0 unspecified atom stereocenters. The molecule has 5 aromatic rings. The molecular weight excluding hydrogens is 597 g/mol. The average Bonchev–Trinajstić information content (AvgIpc) is 3.10. The van der Waals surface area contributed by atoms with E-state index in [4.69, 9.17) is 10.5 Å². The van der Waals surface area contributed by atoms with Gasteiger partial charge in [-0.3, -0.25) is 4.98 Å². The van der Waals surface area contributed by atoms with Crippen molar-refractivity contribution < 1.29 is 4.74 Å². The zero-order valence-corrected chi connectivity index (χ0v) is 32.4. The van der Waals surface area contributed by atoms with Crippen molar-refractivity contribution in [1.29, 1.82) is 0 Å². The number of rotatable bonds is 6. The fourth-order valence-electron chi connectivity index (χ4n) is 4.38. The number of nitrogens with two attached hydrogens (primary N) is 1. The third kappa shape index (κ3) is 18.7. The van der Waals surface area contributed by atoms with Gasteiger partial charge in [-0.2, -0.15) is 0 Å². The number of aryl methyl sites for hydroxylation is 1. The van der Waals surface area contributed by atoms with E-state index < -0.39 is 0 Å². The van der Waals surface area contributed by atoms with Gasteiger partial charge in [0, 0.05) is 17.6 Å². The quantitative estimate of drug-likeness (QED) is 0.184. The normalized spacial score (nSPS) is 10.2. The van der Waals surface area contributed by atoms with Crippen molar-refractivity contribution >= 4 is 5.69 Å². The molecule has 3 nitrogen and oxygen atoms in total. The van der Waals surface area contributed by atoms with E-state index in [1.165, 1.54) is 27.8 Å². The molecule has 0 aliphatic carbocycles. The average molecular weight is 661 g/mol. The van der Waals surface area contributed by atoms with Crippen molar-refractivity contribution in [2.75, 3.05) is 12.8 Å². The Balaban J connectivity index is 0.000000307. The number of benzene rings is 4. The van der Waals surface area contributed by atoms with Crippen LogP contribution < -0.4 is 10.5 Å². The molecule has 0 saturated carbocycles. The summed E-state index contributed by atoms with van der Waals surface area (Å²) < 4.78 is 5.05. The first-order valence-corrected chi connectivity index (χ1v) is 17.8. The Kier molecular flexibility index (Phi) is 20.8. The van der Waals surface area contributed by atoms with Crippen molar-refractivity contribution in [3.05, 3.63) is 161 Å². The van der Waals surface area contributed by atoms with Crippen molar-refractivity contribution in [2.24, 2.45) is 0 Å². The van der Waals surface area contributed by atoms with Gasteiger partial charge < -0.3 is 10.5 Å². The zero-order valence-electron chi connectivity index (χ0n) is 32.4. The molecule has 4 aromatic carbocycles. The molecule has 1 aromatic heterocycles. The molecule has 264 valence electrons. The van der Waals surface area contributed by atoms with Crippen LogP contribution in [0.15, 0.2) is 128 Å². The fourth-order valence-corrected chi connectivity index (χ4v) is 4.38. The predicted octanol–water partition coefficient (Wildman–Crippen LogP) is 13.3.